The predicted molar refractivity (Wildman–Crippen MR) is 151 cm³/mol. The summed E-state index contributed by atoms with van der Waals surface area (Å²) in [5.41, 5.74) is 4.27. The molecule has 3 heterocycles. The van der Waals surface area contributed by atoms with E-state index in [9.17, 15) is 8.78 Å². The second-order valence-corrected chi connectivity index (χ2v) is 10.0. The Morgan fingerprint density at radius 2 is 1.82 bits per heavy atom. The van der Waals surface area contributed by atoms with Crippen LogP contribution in [-0.2, 0) is 13.1 Å². The zero-order chi connectivity index (χ0) is 25.5. The summed E-state index contributed by atoms with van der Waals surface area (Å²) >= 11 is 7.92. The zero-order valence-electron chi connectivity index (χ0n) is 19.5. The molecular weight excluding hydrogens is 526 g/mol. The molecule has 6 rings (SSSR count). The molecule has 0 fully saturated rings. The normalized spacial score (nSPS) is 12.3. The Bertz CT molecular complexity index is 1680. The highest BCUT2D eigenvalue weighted by Gasteiger charge is 2.25. The van der Waals surface area contributed by atoms with Gasteiger partial charge >= 0.3 is 0 Å². The largest absolute Gasteiger partial charge is 0.324 e. The molecule has 2 N–H and O–H groups in total. The van der Waals surface area contributed by atoms with Crippen molar-refractivity contribution in [3.05, 3.63) is 99.1 Å². The van der Waals surface area contributed by atoms with Crippen LogP contribution in [0.5, 0.6) is 0 Å². The minimum Gasteiger partial charge on any atom is -0.324 e. The van der Waals surface area contributed by atoms with Crippen LogP contribution in [0.15, 0.2) is 65.8 Å². The van der Waals surface area contributed by atoms with Crippen LogP contribution in [0.25, 0.3) is 21.5 Å². The molecule has 10 heteroatoms. The highest BCUT2D eigenvalue weighted by molar-refractivity contribution is 7.18. The van der Waals surface area contributed by atoms with Crippen LogP contribution in [0.3, 0.4) is 0 Å². The number of benzene rings is 3. The number of anilines is 2. The smallest absolute Gasteiger partial charge is 0.227 e. The van der Waals surface area contributed by atoms with Gasteiger partial charge in [-0.15, -0.1) is 11.3 Å². The summed E-state index contributed by atoms with van der Waals surface area (Å²) in [5.74, 6) is -1.000. The number of nitrogens with zero attached hydrogens (tertiary/aromatic N) is 4. The van der Waals surface area contributed by atoms with E-state index in [2.05, 4.69) is 25.6 Å². The van der Waals surface area contributed by atoms with Crippen molar-refractivity contribution in [2.75, 3.05) is 12.4 Å². The SMILES string of the molecule is C.CNCc1nc2ccc(Nc3ncc4c(n3)-c3ccc(Cl)cc3C(c3c(F)cccc3F)=NC4)cc2s1. The highest BCUT2D eigenvalue weighted by Crippen LogP contribution is 2.35. The summed E-state index contributed by atoms with van der Waals surface area (Å²) in [5, 5.41) is 7.82. The lowest BCUT2D eigenvalue weighted by atomic mass is 9.95. The van der Waals surface area contributed by atoms with Crippen molar-refractivity contribution in [2.24, 2.45) is 4.99 Å². The number of hydrogen-bond donors (Lipinski definition) is 2. The fourth-order valence-electron chi connectivity index (χ4n) is 4.33. The fraction of sp³-hybridized carbons (Fsp3) is 0.143. The number of aromatic nitrogens is 3. The van der Waals surface area contributed by atoms with Gasteiger partial charge in [0.25, 0.3) is 0 Å². The summed E-state index contributed by atoms with van der Waals surface area (Å²) in [4.78, 5) is 18.4. The van der Waals surface area contributed by atoms with Crippen LogP contribution in [0.2, 0.25) is 5.02 Å². The maximum atomic E-state index is 14.8. The standard InChI is InChI=1S/C27H19ClF2N6S.CH4/c1-31-13-23-35-21-8-6-16(10-22(21)37-23)34-27-33-12-14-11-32-26(24-19(29)3-2-4-20(24)30)18-9-15(28)5-7-17(18)25(14)36-27;/h2-10,12,31H,11,13H2,1H3,(H,33,34,36);1H4. The van der Waals surface area contributed by atoms with E-state index >= 15 is 0 Å². The van der Waals surface area contributed by atoms with Crippen LogP contribution in [-0.4, -0.2) is 27.7 Å². The Balaban J connectivity index is 0.00000294. The van der Waals surface area contributed by atoms with Gasteiger partial charge in [0, 0.05) is 40.1 Å². The van der Waals surface area contributed by atoms with Gasteiger partial charge in [-0.1, -0.05) is 31.2 Å². The van der Waals surface area contributed by atoms with E-state index in [0.717, 1.165) is 26.5 Å². The third kappa shape index (κ3) is 4.76. The average molecular weight is 549 g/mol. The predicted octanol–water partition coefficient (Wildman–Crippen LogP) is 7.14. The molecule has 5 aromatic rings. The lowest BCUT2D eigenvalue weighted by molar-refractivity contribution is 0.579. The molecule has 38 heavy (non-hydrogen) atoms. The Hall–Kier alpha value is -3.79. The van der Waals surface area contributed by atoms with Gasteiger partial charge in [0.05, 0.1) is 33.7 Å². The van der Waals surface area contributed by atoms with Gasteiger partial charge in [0.2, 0.25) is 5.95 Å². The van der Waals surface area contributed by atoms with Crippen molar-refractivity contribution in [3.8, 4) is 11.3 Å². The minimum absolute atomic E-state index is 0. The van der Waals surface area contributed by atoms with Crippen LogP contribution >= 0.6 is 22.9 Å². The number of thiazole rings is 1. The van der Waals surface area contributed by atoms with Crippen molar-refractivity contribution in [3.63, 3.8) is 0 Å². The molecule has 0 bridgehead atoms. The van der Waals surface area contributed by atoms with Crippen LogP contribution in [0.4, 0.5) is 20.4 Å². The summed E-state index contributed by atoms with van der Waals surface area (Å²) in [6, 6.07) is 14.8. The van der Waals surface area contributed by atoms with Crippen molar-refractivity contribution < 1.29 is 8.78 Å². The second-order valence-electron chi connectivity index (χ2n) is 8.46. The molecule has 1 aliphatic rings. The summed E-state index contributed by atoms with van der Waals surface area (Å²) < 4.78 is 30.6. The lowest BCUT2D eigenvalue weighted by Crippen LogP contribution is -2.10. The van der Waals surface area contributed by atoms with Crippen LogP contribution in [0, 0.1) is 11.6 Å². The molecule has 0 spiro atoms. The topological polar surface area (TPSA) is 75.1 Å². The quantitative estimate of drug-likeness (QED) is 0.244. The molecule has 192 valence electrons. The van der Waals surface area contributed by atoms with Gasteiger partial charge in [0.15, 0.2) is 0 Å². The van der Waals surface area contributed by atoms with Crippen molar-refractivity contribution >= 4 is 50.5 Å². The third-order valence-corrected chi connectivity index (χ3v) is 7.23. The lowest BCUT2D eigenvalue weighted by Gasteiger charge is -2.13. The van der Waals surface area contributed by atoms with E-state index in [1.165, 1.54) is 18.2 Å². The van der Waals surface area contributed by atoms with Crippen LogP contribution in [0.1, 0.15) is 29.1 Å². The summed E-state index contributed by atoms with van der Waals surface area (Å²) in [6.07, 6.45) is 1.68. The zero-order valence-corrected chi connectivity index (χ0v) is 21.1. The van der Waals surface area contributed by atoms with Gasteiger partial charge < -0.3 is 10.6 Å². The monoisotopic (exact) mass is 548 g/mol. The van der Waals surface area contributed by atoms with Crippen molar-refractivity contribution in [1.29, 1.82) is 0 Å². The van der Waals surface area contributed by atoms with E-state index in [-0.39, 0.29) is 25.2 Å². The maximum absolute atomic E-state index is 14.8. The van der Waals surface area contributed by atoms with E-state index in [1.807, 2.05) is 25.2 Å². The Morgan fingerprint density at radius 3 is 2.61 bits per heavy atom. The third-order valence-electron chi connectivity index (χ3n) is 5.98. The van der Waals surface area contributed by atoms with Crippen molar-refractivity contribution in [2.45, 2.75) is 20.5 Å². The highest BCUT2D eigenvalue weighted by atomic mass is 35.5. The van der Waals surface area contributed by atoms with E-state index in [0.29, 0.717) is 34.3 Å². The van der Waals surface area contributed by atoms with Crippen LogP contribution < -0.4 is 10.6 Å². The van der Waals surface area contributed by atoms with E-state index in [1.54, 1.807) is 35.7 Å². The molecule has 0 unspecified atom stereocenters. The molecule has 3 aromatic carbocycles. The number of aliphatic imine (C=N–C) groups is 1. The number of hydrogen-bond acceptors (Lipinski definition) is 7. The maximum Gasteiger partial charge on any atom is 0.227 e. The van der Waals surface area contributed by atoms with Gasteiger partial charge in [-0.3, -0.25) is 4.99 Å². The Labute approximate surface area is 227 Å². The molecule has 6 nitrogen and oxygen atoms in total. The van der Waals surface area contributed by atoms with E-state index in [4.69, 9.17) is 16.6 Å². The first-order chi connectivity index (χ1) is 18.0. The summed E-state index contributed by atoms with van der Waals surface area (Å²) in [7, 11) is 1.89. The molecule has 1 aliphatic heterocycles. The number of fused-ring (bicyclic) bond motifs is 4. The van der Waals surface area contributed by atoms with Gasteiger partial charge in [-0.25, -0.2) is 23.7 Å². The van der Waals surface area contributed by atoms with Crippen molar-refractivity contribution in [1.82, 2.24) is 20.3 Å². The molecule has 0 amide bonds. The second kappa shape index (κ2) is 10.5. The first-order valence-corrected chi connectivity index (χ1v) is 12.7. The Kier molecular flexibility index (Phi) is 7.16. The molecule has 0 aliphatic carbocycles. The molecule has 2 aromatic heterocycles. The number of halogens is 3. The first-order valence-electron chi connectivity index (χ1n) is 11.5. The van der Waals surface area contributed by atoms with Gasteiger partial charge in [0.1, 0.15) is 16.6 Å². The molecule has 0 saturated carbocycles. The first kappa shape index (κ1) is 25.8. The molecular formula is C28H23ClF2N6S. The molecule has 0 saturated heterocycles. The molecule has 0 atom stereocenters. The Morgan fingerprint density at radius 1 is 1.00 bits per heavy atom. The average Bonchev–Trinajstić information content (AvgIpc) is 3.21. The number of rotatable bonds is 5. The summed E-state index contributed by atoms with van der Waals surface area (Å²) in [6.45, 7) is 0.867. The van der Waals surface area contributed by atoms with Gasteiger partial charge in [-0.2, -0.15) is 0 Å². The molecule has 0 radical (unpaired) electrons. The van der Waals surface area contributed by atoms with E-state index < -0.39 is 11.6 Å². The minimum atomic E-state index is -0.694. The number of nitrogens with one attached hydrogen (secondary N) is 2. The van der Waals surface area contributed by atoms with Gasteiger partial charge in [-0.05, 0) is 49.5 Å². The fourth-order valence-corrected chi connectivity index (χ4v) is 5.52.